The van der Waals surface area contributed by atoms with E-state index in [-0.39, 0.29) is 6.54 Å². The molecule has 0 unspecified atom stereocenters. The highest BCUT2D eigenvalue weighted by atomic mass is 32.1. The largest absolute Gasteiger partial charge is 0.376 e. The number of anilines is 1. The van der Waals surface area contributed by atoms with Crippen LogP contribution in [0.1, 0.15) is 11.1 Å². The molecular weight excluding hydrogens is 268 g/mol. The van der Waals surface area contributed by atoms with Crippen LogP contribution < -0.4 is 5.32 Å². The Morgan fingerprint density at radius 3 is 2.22 bits per heavy atom. The van der Waals surface area contributed by atoms with Crippen molar-refractivity contribution in [2.45, 2.75) is 13.5 Å². The van der Waals surface area contributed by atoms with Crippen LogP contribution in [0.25, 0.3) is 0 Å². The van der Waals surface area contributed by atoms with Gasteiger partial charge in [-0.2, -0.15) is 33.9 Å². The highest BCUT2D eigenvalue weighted by molar-refractivity contribution is 7.08. The molecule has 0 aromatic carbocycles. The Morgan fingerprint density at radius 1 is 1.11 bits per heavy atom. The van der Waals surface area contributed by atoms with Crippen LogP contribution in [0.5, 0.6) is 0 Å². The van der Waals surface area contributed by atoms with Crippen LogP contribution in [0.3, 0.4) is 0 Å². The van der Waals surface area contributed by atoms with Gasteiger partial charge in [-0.1, -0.05) is 0 Å². The molecule has 0 aliphatic heterocycles. The molecule has 96 valence electrons. The van der Waals surface area contributed by atoms with E-state index in [1.165, 1.54) is 11.3 Å². The van der Waals surface area contributed by atoms with Crippen molar-refractivity contribution in [3.05, 3.63) is 45.4 Å². The van der Waals surface area contributed by atoms with E-state index in [4.69, 9.17) is 0 Å². The summed E-state index contributed by atoms with van der Waals surface area (Å²) in [6.07, 6.45) is 0. The van der Waals surface area contributed by atoms with Crippen LogP contribution in [0.15, 0.2) is 10.8 Å². The number of thiophene rings is 1. The first-order valence-electron chi connectivity index (χ1n) is 4.96. The maximum atomic E-state index is 13.3. The van der Waals surface area contributed by atoms with Crippen molar-refractivity contribution in [1.29, 1.82) is 0 Å². The van der Waals surface area contributed by atoms with Gasteiger partial charge in [0.25, 0.3) is 11.9 Å². The summed E-state index contributed by atoms with van der Waals surface area (Å²) in [5, 5.41) is 5.99. The van der Waals surface area contributed by atoms with Gasteiger partial charge in [-0.15, -0.1) is 0 Å². The summed E-state index contributed by atoms with van der Waals surface area (Å²) in [5.41, 5.74) is 0.894. The number of hydrogen-bond acceptors (Lipinski definition) is 3. The van der Waals surface area contributed by atoms with Crippen molar-refractivity contribution in [2.75, 3.05) is 5.32 Å². The molecule has 0 amide bonds. The van der Waals surface area contributed by atoms with Gasteiger partial charge in [0.2, 0.25) is 11.6 Å². The Balaban J connectivity index is 2.27. The lowest BCUT2D eigenvalue weighted by Crippen LogP contribution is -2.09. The van der Waals surface area contributed by atoms with Gasteiger partial charge in [-0.25, -0.2) is 0 Å². The molecule has 0 saturated carbocycles. The summed E-state index contributed by atoms with van der Waals surface area (Å²) in [4.78, 5) is 2.47. The third kappa shape index (κ3) is 2.31. The summed E-state index contributed by atoms with van der Waals surface area (Å²) in [6.45, 7) is 1.90. The van der Waals surface area contributed by atoms with Crippen molar-refractivity contribution in [1.82, 2.24) is 4.98 Å². The van der Waals surface area contributed by atoms with Crippen LogP contribution >= 0.6 is 11.3 Å². The molecule has 0 radical (unpaired) electrons. The molecule has 0 bridgehead atoms. The fourth-order valence-corrected chi connectivity index (χ4v) is 2.25. The summed E-state index contributed by atoms with van der Waals surface area (Å²) in [7, 11) is 0. The van der Waals surface area contributed by atoms with Crippen LogP contribution in [0, 0.1) is 30.5 Å². The highest BCUT2D eigenvalue weighted by Gasteiger charge is 2.20. The Bertz CT molecular complexity index is 556. The van der Waals surface area contributed by atoms with Crippen molar-refractivity contribution >= 4 is 17.0 Å². The maximum absolute atomic E-state index is 13.3. The number of pyridine rings is 1. The summed E-state index contributed by atoms with van der Waals surface area (Å²) < 4.78 is 52.2. The first-order chi connectivity index (χ1) is 8.50. The van der Waals surface area contributed by atoms with E-state index in [0.717, 1.165) is 11.1 Å². The molecule has 0 saturated heterocycles. The number of aryl methyl sites for hydroxylation is 1. The molecule has 18 heavy (non-hydrogen) atoms. The van der Waals surface area contributed by atoms with Crippen LogP contribution in [0.2, 0.25) is 0 Å². The maximum Gasteiger partial charge on any atom is 0.253 e. The summed E-state index contributed by atoms with van der Waals surface area (Å²) >= 11 is 1.43. The smallest absolute Gasteiger partial charge is 0.253 e. The standard InChI is InChI=1S/C11H8F4N2S/c1-5-3-18-4-6(5)2-16-9-7(12)10(14)17-11(15)8(9)13/h3-4H,2H2,1H3,(H,16,17). The van der Waals surface area contributed by atoms with Crippen LogP contribution in [-0.2, 0) is 6.54 Å². The third-order valence-corrected chi connectivity index (χ3v) is 3.33. The molecule has 0 spiro atoms. The van der Waals surface area contributed by atoms with Crippen molar-refractivity contribution < 1.29 is 17.6 Å². The zero-order valence-corrected chi connectivity index (χ0v) is 10.0. The van der Waals surface area contributed by atoms with Crippen molar-refractivity contribution in [3.63, 3.8) is 0 Å². The average molecular weight is 276 g/mol. The first-order valence-corrected chi connectivity index (χ1v) is 5.90. The number of rotatable bonds is 3. The van der Waals surface area contributed by atoms with Gasteiger partial charge in [-0.3, -0.25) is 0 Å². The molecule has 0 atom stereocenters. The molecule has 2 rings (SSSR count). The zero-order chi connectivity index (χ0) is 13.3. The van der Waals surface area contributed by atoms with Crippen LogP contribution in [0.4, 0.5) is 23.2 Å². The van der Waals surface area contributed by atoms with E-state index >= 15 is 0 Å². The molecule has 0 aliphatic rings. The molecule has 1 N–H and O–H groups in total. The summed E-state index contributed by atoms with van der Waals surface area (Å²) in [6, 6.07) is 0. The molecule has 7 heteroatoms. The van der Waals surface area contributed by atoms with Crippen LogP contribution in [-0.4, -0.2) is 4.98 Å². The van der Waals surface area contributed by atoms with Crippen molar-refractivity contribution in [3.8, 4) is 0 Å². The lowest BCUT2D eigenvalue weighted by Gasteiger charge is -2.09. The van der Waals surface area contributed by atoms with Gasteiger partial charge < -0.3 is 5.32 Å². The van der Waals surface area contributed by atoms with Gasteiger partial charge in [-0.05, 0) is 28.8 Å². The quantitative estimate of drug-likeness (QED) is 0.684. The Kier molecular flexibility index (Phi) is 3.51. The number of aromatic nitrogens is 1. The number of nitrogens with one attached hydrogen (secondary N) is 1. The fraction of sp³-hybridized carbons (Fsp3) is 0.182. The van der Waals surface area contributed by atoms with E-state index in [0.29, 0.717) is 0 Å². The van der Waals surface area contributed by atoms with E-state index in [1.54, 1.807) is 5.38 Å². The molecule has 2 aromatic heterocycles. The fourth-order valence-electron chi connectivity index (χ4n) is 1.39. The van der Waals surface area contributed by atoms with E-state index in [9.17, 15) is 17.6 Å². The van der Waals surface area contributed by atoms with Gasteiger partial charge >= 0.3 is 0 Å². The van der Waals surface area contributed by atoms with E-state index in [1.807, 2.05) is 12.3 Å². The lowest BCUT2D eigenvalue weighted by molar-refractivity contribution is 0.410. The molecule has 0 aliphatic carbocycles. The second-order valence-electron chi connectivity index (χ2n) is 3.63. The second-order valence-corrected chi connectivity index (χ2v) is 4.37. The minimum atomic E-state index is -1.67. The Labute approximate surface area is 104 Å². The Morgan fingerprint density at radius 2 is 1.72 bits per heavy atom. The van der Waals surface area contributed by atoms with Gasteiger partial charge in [0, 0.05) is 6.54 Å². The topological polar surface area (TPSA) is 24.9 Å². The van der Waals surface area contributed by atoms with Gasteiger partial charge in [0.05, 0.1) is 0 Å². The minimum Gasteiger partial charge on any atom is -0.376 e. The number of hydrogen-bond donors (Lipinski definition) is 1. The normalized spacial score (nSPS) is 10.7. The summed E-state index contributed by atoms with van der Waals surface area (Å²) in [5.74, 6) is -6.39. The second kappa shape index (κ2) is 4.93. The SMILES string of the molecule is Cc1cscc1CNc1c(F)c(F)nc(F)c1F. The minimum absolute atomic E-state index is 0.0755. The molecule has 0 fully saturated rings. The van der Waals surface area contributed by atoms with E-state index < -0.39 is 29.2 Å². The van der Waals surface area contributed by atoms with Gasteiger partial charge in [0.1, 0.15) is 5.69 Å². The number of halogens is 4. The average Bonchev–Trinajstić information content (AvgIpc) is 2.73. The predicted octanol–water partition coefficient (Wildman–Crippen LogP) is 3.62. The predicted molar refractivity (Wildman–Crippen MR) is 60.5 cm³/mol. The Hall–Kier alpha value is -1.63. The molecule has 2 heterocycles. The lowest BCUT2D eigenvalue weighted by atomic mass is 10.2. The number of nitrogens with zero attached hydrogens (tertiary/aromatic N) is 1. The third-order valence-electron chi connectivity index (χ3n) is 2.41. The first kappa shape index (κ1) is 12.8. The molecular formula is C11H8F4N2S. The van der Waals surface area contributed by atoms with Gasteiger partial charge in [0.15, 0.2) is 0 Å². The monoisotopic (exact) mass is 276 g/mol. The highest BCUT2D eigenvalue weighted by Crippen LogP contribution is 2.23. The zero-order valence-electron chi connectivity index (χ0n) is 9.23. The van der Waals surface area contributed by atoms with Crippen molar-refractivity contribution in [2.24, 2.45) is 0 Å². The molecule has 2 aromatic rings. The molecule has 2 nitrogen and oxygen atoms in total. The van der Waals surface area contributed by atoms with E-state index in [2.05, 4.69) is 10.3 Å².